The lowest BCUT2D eigenvalue weighted by molar-refractivity contribution is 0.271. The zero-order valence-corrected chi connectivity index (χ0v) is 11.6. The van der Waals surface area contributed by atoms with Crippen molar-refractivity contribution < 1.29 is 5.11 Å². The third-order valence-electron chi connectivity index (χ3n) is 4.10. The van der Waals surface area contributed by atoms with Gasteiger partial charge in [-0.05, 0) is 30.2 Å². The minimum absolute atomic E-state index is 0.0996. The molecule has 1 N–H and O–H groups in total. The molecule has 100 valence electrons. The molecule has 3 nitrogen and oxygen atoms in total. The number of likely N-dealkylation sites (N-methyl/N-ethyl adjacent to an activating group) is 1. The highest BCUT2D eigenvalue weighted by Crippen LogP contribution is 2.29. The summed E-state index contributed by atoms with van der Waals surface area (Å²) in [6.07, 6.45) is 1.96. The predicted octanol–water partition coefficient (Wildman–Crippen LogP) is 2.28. The van der Waals surface area contributed by atoms with Crippen LogP contribution in [-0.2, 0) is 26.0 Å². The maximum absolute atomic E-state index is 9.80. The van der Waals surface area contributed by atoms with Gasteiger partial charge in [0.2, 0.25) is 0 Å². The Labute approximate surface area is 113 Å². The van der Waals surface area contributed by atoms with Gasteiger partial charge in [0.15, 0.2) is 0 Å². The topological polar surface area (TPSA) is 36.4 Å². The van der Waals surface area contributed by atoms with Crippen LogP contribution in [0.4, 0.5) is 0 Å². The number of para-hydroxylation sites is 1. The summed E-state index contributed by atoms with van der Waals surface area (Å²) in [6, 6.07) is 6.29. The number of hydrogen-bond donors (Lipinski definition) is 1. The van der Waals surface area contributed by atoms with E-state index in [1.165, 1.54) is 16.8 Å². The molecule has 1 aromatic carbocycles. The number of aryl methyl sites for hydroxylation is 1. The second-order valence-electron chi connectivity index (χ2n) is 5.33. The number of aliphatic hydroxyl groups excluding tert-OH is 1. The van der Waals surface area contributed by atoms with E-state index in [9.17, 15) is 5.11 Å². The van der Waals surface area contributed by atoms with E-state index >= 15 is 0 Å². The average Bonchev–Trinajstić information content (AvgIpc) is 2.44. The van der Waals surface area contributed by atoms with Crippen molar-refractivity contribution in [1.29, 1.82) is 0 Å². The van der Waals surface area contributed by atoms with Crippen molar-refractivity contribution in [3.8, 4) is 0 Å². The van der Waals surface area contributed by atoms with E-state index in [0.717, 1.165) is 42.4 Å². The quantitative estimate of drug-likeness (QED) is 0.895. The Balaban J connectivity index is 2.32. The molecule has 0 fully saturated rings. The molecule has 1 aliphatic rings. The molecule has 3 heteroatoms. The van der Waals surface area contributed by atoms with Crippen molar-refractivity contribution in [3.63, 3.8) is 0 Å². The van der Waals surface area contributed by atoms with Gasteiger partial charge in [0.1, 0.15) is 0 Å². The van der Waals surface area contributed by atoms with Gasteiger partial charge in [0, 0.05) is 30.6 Å². The summed E-state index contributed by atoms with van der Waals surface area (Å²) in [5, 5.41) is 10.9. The Morgan fingerprint density at radius 3 is 2.95 bits per heavy atom. The molecule has 2 aromatic rings. The summed E-state index contributed by atoms with van der Waals surface area (Å²) in [4.78, 5) is 7.18. The number of nitrogens with zero attached hydrogens (tertiary/aromatic N) is 2. The van der Waals surface area contributed by atoms with Gasteiger partial charge in [0.05, 0.1) is 12.1 Å². The SMILES string of the molecule is CCc1cccc2c(CO)c3c(nc12)CCN(C)C3. The summed E-state index contributed by atoms with van der Waals surface area (Å²) in [5.74, 6) is 0. The number of aliphatic hydroxyl groups is 1. The molecule has 2 heterocycles. The van der Waals surface area contributed by atoms with Crippen LogP contribution in [0.2, 0.25) is 0 Å². The maximum Gasteiger partial charge on any atom is 0.0741 e. The first-order chi connectivity index (χ1) is 9.24. The first-order valence-corrected chi connectivity index (χ1v) is 6.96. The van der Waals surface area contributed by atoms with E-state index in [2.05, 4.69) is 37.1 Å². The minimum atomic E-state index is 0.0996. The van der Waals surface area contributed by atoms with Crippen LogP contribution in [0.5, 0.6) is 0 Å². The van der Waals surface area contributed by atoms with Crippen molar-refractivity contribution in [2.24, 2.45) is 0 Å². The Hall–Kier alpha value is -1.45. The molecule has 0 atom stereocenters. The number of aromatic nitrogens is 1. The van der Waals surface area contributed by atoms with E-state index in [1.807, 2.05) is 0 Å². The molecule has 0 saturated heterocycles. The molecular formula is C16H20N2O. The lowest BCUT2D eigenvalue weighted by Crippen LogP contribution is -2.28. The van der Waals surface area contributed by atoms with Crippen LogP contribution in [0.3, 0.4) is 0 Å². The molecule has 0 bridgehead atoms. The highest BCUT2D eigenvalue weighted by molar-refractivity contribution is 5.86. The fourth-order valence-corrected chi connectivity index (χ4v) is 3.01. The number of rotatable bonds is 2. The molecule has 19 heavy (non-hydrogen) atoms. The minimum Gasteiger partial charge on any atom is -0.392 e. The highest BCUT2D eigenvalue weighted by atomic mass is 16.3. The normalized spacial score (nSPS) is 15.7. The fraction of sp³-hybridized carbons (Fsp3) is 0.438. The second kappa shape index (κ2) is 4.91. The van der Waals surface area contributed by atoms with Crippen LogP contribution >= 0.6 is 0 Å². The zero-order valence-electron chi connectivity index (χ0n) is 11.6. The lowest BCUT2D eigenvalue weighted by Gasteiger charge is -2.27. The van der Waals surface area contributed by atoms with E-state index in [0.29, 0.717) is 0 Å². The summed E-state index contributed by atoms with van der Waals surface area (Å²) in [6.45, 7) is 4.19. The van der Waals surface area contributed by atoms with E-state index < -0.39 is 0 Å². The second-order valence-corrected chi connectivity index (χ2v) is 5.33. The zero-order chi connectivity index (χ0) is 13.4. The smallest absolute Gasteiger partial charge is 0.0741 e. The van der Waals surface area contributed by atoms with Crippen molar-refractivity contribution in [1.82, 2.24) is 9.88 Å². The van der Waals surface area contributed by atoms with E-state index in [-0.39, 0.29) is 6.61 Å². The van der Waals surface area contributed by atoms with Crippen LogP contribution in [-0.4, -0.2) is 28.6 Å². The molecule has 0 amide bonds. The molecular weight excluding hydrogens is 236 g/mol. The van der Waals surface area contributed by atoms with E-state index in [4.69, 9.17) is 4.98 Å². The fourth-order valence-electron chi connectivity index (χ4n) is 3.01. The Bertz CT molecular complexity index is 622. The first kappa shape index (κ1) is 12.6. The predicted molar refractivity (Wildman–Crippen MR) is 77.1 cm³/mol. The number of benzene rings is 1. The van der Waals surface area contributed by atoms with Gasteiger partial charge in [-0.25, -0.2) is 0 Å². The summed E-state index contributed by atoms with van der Waals surface area (Å²) in [5.41, 5.74) is 5.83. The third-order valence-corrected chi connectivity index (χ3v) is 4.10. The van der Waals surface area contributed by atoms with Crippen molar-refractivity contribution in [3.05, 3.63) is 40.6 Å². The Kier molecular flexibility index (Phi) is 3.25. The monoisotopic (exact) mass is 256 g/mol. The van der Waals surface area contributed by atoms with Crippen LogP contribution in [0.15, 0.2) is 18.2 Å². The molecule has 0 spiro atoms. The molecule has 0 saturated carbocycles. The van der Waals surface area contributed by atoms with Crippen molar-refractivity contribution in [2.45, 2.75) is 32.9 Å². The summed E-state index contributed by atoms with van der Waals surface area (Å²) in [7, 11) is 2.12. The molecule has 1 aliphatic heterocycles. The van der Waals surface area contributed by atoms with Gasteiger partial charge < -0.3 is 10.0 Å². The number of fused-ring (bicyclic) bond motifs is 2. The van der Waals surface area contributed by atoms with Gasteiger partial charge in [-0.15, -0.1) is 0 Å². The maximum atomic E-state index is 9.80. The number of pyridine rings is 1. The summed E-state index contributed by atoms with van der Waals surface area (Å²) < 4.78 is 0. The van der Waals surface area contributed by atoms with Crippen molar-refractivity contribution in [2.75, 3.05) is 13.6 Å². The van der Waals surface area contributed by atoms with Crippen molar-refractivity contribution >= 4 is 10.9 Å². The van der Waals surface area contributed by atoms with Gasteiger partial charge in [-0.1, -0.05) is 25.1 Å². The third kappa shape index (κ3) is 2.03. The van der Waals surface area contributed by atoms with Crippen LogP contribution in [0.25, 0.3) is 10.9 Å². The Morgan fingerprint density at radius 2 is 2.21 bits per heavy atom. The molecule has 0 unspecified atom stereocenters. The molecule has 3 rings (SSSR count). The summed E-state index contributed by atoms with van der Waals surface area (Å²) >= 11 is 0. The largest absolute Gasteiger partial charge is 0.392 e. The van der Waals surface area contributed by atoms with Crippen LogP contribution in [0.1, 0.15) is 29.3 Å². The molecule has 1 aromatic heterocycles. The van der Waals surface area contributed by atoms with Crippen LogP contribution < -0.4 is 0 Å². The standard InChI is InChI=1S/C16H20N2O/c1-3-11-5-4-6-12-14(10-19)13-9-18(2)8-7-15(13)17-16(11)12/h4-6,19H,3,7-10H2,1-2H3. The highest BCUT2D eigenvalue weighted by Gasteiger charge is 2.20. The average molecular weight is 256 g/mol. The lowest BCUT2D eigenvalue weighted by atomic mass is 9.94. The molecule has 0 aliphatic carbocycles. The Morgan fingerprint density at radius 1 is 1.37 bits per heavy atom. The van der Waals surface area contributed by atoms with Gasteiger partial charge in [0.25, 0.3) is 0 Å². The number of hydrogen-bond acceptors (Lipinski definition) is 3. The first-order valence-electron chi connectivity index (χ1n) is 6.96. The van der Waals surface area contributed by atoms with Gasteiger partial charge in [-0.2, -0.15) is 0 Å². The van der Waals surface area contributed by atoms with E-state index in [1.54, 1.807) is 0 Å². The van der Waals surface area contributed by atoms with Gasteiger partial charge >= 0.3 is 0 Å². The van der Waals surface area contributed by atoms with Gasteiger partial charge in [-0.3, -0.25) is 4.98 Å². The molecule has 0 radical (unpaired) electrons. The van der Waals surface area contributed by atoms with Crippen LogP contribution in [0, 0.1) is 0 Å².